The number of amides is 1. The van der Waals surface area contributed by atoms with E-state index < -0.39 is 0 Å². The van der Waals surface area contributed by atoms with Gasteiger partial charge < -0.3 is 4.74 Å². The van der Waals surface area contributed by atoms with Gasteiger partial charge in [0, 0.05) is 23.3 Å². The first kappa shape index (κ1) is 23.5. The zero-order chi connectivity index (χ0) is 25.0. The van der Waals surface area contributed by atoms with E-state index in [0.717, 1.165) is 43.8 Å². The number of carbonyl (C=O) groups is 1. The maximum absolute atomic E-state index is 12.9. The van der Waals surface area contributed by atoms with Crippen LogP contribution in [-0.2, 0) is 5.75 Å². The van der Waals surface area contributed by atoms with Crippen LogP contribution in [0.2, 0.25) is 0 Å². The second-order valence-corrected chi connectivity index (χ2v) is 10.9. The number of hydrazone groups is 1. The van der Waals surface area contributed by atoms with Gasteiger partial charge in [0.25, 0.3) is 5.91 Å². The number of carbonyl (C=O) groups excluding carboxylic acids is 1. The predicted molar refractivity (Wildman–Crippen MR) is 150 cm³/mol. The number of rotatable bonds is 6. The maximum atomic E-state index is 12.9. The first-order chi connectivity index (χ1) is 18.2. The van der Waals surface area contributed by atoms with Gasteiger partial charge in [0.15, 0.2) is 4.34 Å². The molecule has 7 heteroatoms. The zero-order valence-electron chi connectivity index (χ0n) is 19.8. The van der Waals surface area contributed by atoms with Crippen molar-refractivity contribution in [3.05, 3.63) is 125 Å². The number of benzene rings is 4. The molecule has 0 spiro atoms. The molecule has 182 valence electrons. The summed E-state index contributed by atoms with van der Waals surface area (Å²) in [4.78, 5) is 17.6. The molecule has 0 bridgehead atoms. The topological polar surface area (TPSA) is 63.6 Å². The zero-order valence-corrected chi connectivity index (χ0v) is 21.5. The first-order valence-corrected chi connectivity index (χ1v) is 13.8. The van der Waals surface area contributed by atoms with E-state index in [4.69, 9.17) is 4.74 Å². The van der Waals surface area contributed by atoms with E-state index in [1.165, 1.54) is 4.70 Å². The number of ether oxygens (including phenoxy) is 1. The molecule has 0 aliphatic carbocycles. The summed E-state index contributed by atoms with van der Waals surface area (Å²) in [6.45, 7) is 0. The Bertz CT molecular complexity index is 1550. The van der Waals surface area contributed by atoms with Crippen LogP contribution >= 0.6 is 23.1 Å². The highest BCUT2D eigenvalue weighted by atomic mass is 32.2. The van der Waals surface area contributed by atoms with E-state index in [2.05, 4.69) is 21.6 Å². The molecule has 5 aromatic rings. The molecule has 1 aromatic heterocycles. The van der Waals surface area contributed by atoms with Crippen LogP contribution in [-0.4, -0.2) is 16.6 Å². The lowest BCUT2D eigenvalue weighted by Crippen LogP contribution is -2.25. The largest absolute Gasteiger partial charge is 0.485 e. The summed E-state index contributed by atoms with van der Waals surface area (Å²) >= 11 is 3.41. The third-order valence-electron chi connectivity index (χ3n) is 6.16. The van der Waals surface area contributed by atoms with Crippen molar-refractivity contribution in [2.75, 3.05) is 0 Å². The Balaban J connectivity index is 1.13. The minimum absolute atomic E-state index is 0.154. The first-order valence-electron chi connectivity index (χ1n) is 12.0. The third-order valence-corrected chi connectivity index (χ3v) is 8.41. The number of aromatic nitrogens is 1. The molecule has 0 saturated carbocycles. The fourth-order valence-electron chi connectivity index (χ4n) is 4.24. The summed E-state index contributed by atoms with van der Waals surface area (Å²) < 4.78 is 8.47. The predicted octanol–water partition coefficient (Wildman–Crippen LogP) is 7.25. The number of nitrogens with one attached hydrogen (secondary N) is 1. The summed E-state index contributed by atoms with van der Waals surface area (Å²) in [5.74, 6) is 1.32. The fraction of sp³-hybridized carbons (Fsp3) is 0.100. The molecule has 1 unspecified atom stereocenters. The van der Waals surface area contributed by atoms with Crippen LogP contribution in [0.3, 0.4) is 0 Å². The van der Waals surface area contributed by atoms with Gasteiger partial charge in [-0.15, -0.1) is 11.3 Å². The Morgan fingerprint density at radius 3 is 2.54 bits per heavy atom. The Morgan fingerprint density at radius 1 is 0.946 bits per heavy atom. The molecule has 1 atom stereocenters. The van der Waals surface area contributed by atoms with Crippen LogP contribution in [0.1, 0.15) is 39.6 Å². The summed E-state index contributed by atoms with van der Waals surface area (Å²) in [6, 6.07) is 33.7. The SMILES string of the molecule is O=C(NN=C1CC(c2ccccc2)Oc2ccccc21)c1ccc(CSc2nc3ccccc3s2)cc1. The van der Waals surface area contributed by atoms with Crippen LogP contribution in [0.15, 0.2) is 113 Å². The second-order valence-electron chi connectivity index (χ2n) is 8.65. The highest BCUT2D eigenvalue weighted by Gasteiger charge is 2.26. The van der Waals surface area contributed by atoms with Crippen LogP contribution in [0, 0.1) is 0 Å². The lowest BCUT2D eigenvalue weighted by atomic mass is 9.96. The van der Waals surface area contributed by atoms with Gasteiger partial charge in [-0.2, -0.15) is 5.10 Å². The number of fused-ring (bicyclic) bond motifs is 2. The van der Waals surface area contributed by atoms with E-state index in [1.54, 1.807) is 23.1 Å². The number of thiazole rings is 1. The van der Waals surface area contributed by atoms with Crippen molar-refractivity contribution in [2.24, 2.45) is 5.10 Å². The Morgan fingerprint density at radius 2 is 1.70 bits per heavy atom. The van der Waals surface area contributed by atoms with Gasteiger partial charge in [-0.25, -0.2) is 10.4 Å². The van der Waals surface area contributed by atoms with Crippen molar-refractivity contribution in [3.63, 3.8) is 0 Å². The van der Waals surface area contributed by atoms with Crippen molar-refractivity contribution in [1.29, 1.82) is 0 Å². The Kier molecular flexibility index (Phi) is 6.71. The molecule has 1 N–H and O–H groups in total. The summed E-state index contributed by atoms with van der Waals surface area (Å²) in [5.41, 5.74) is 8.27. The highest BCUT2D eigenvalue weighted by Crippen LogP contribution is 2.35. The third kappa shape index (κ3) is 5.28. The fourth-order valence-corrected chi connectivity index (χ4v) is 6.27. The molecule has 2 heterocycles. The summed E-state index contributed by atoms with van der Waals surface area (Å²) in [5, 5.41) is 4.52. The quantitative estimate of drug-likeness (QED) is 0.189. The van der Waals surface area contributed by atoms with E-state index in [0.29, 0.717) is 12.0 Å². The molecule has 1 amide bonds. The molecule has 1 aliphatic rings. The normalized spacial score (nSPS) is 15.8. The van der Waals surface area contributed by atoms with E-state index in [1.807, 2.05) is 97.1 Å². The number of para-hydroxylation sites is 2. The van der Waals surface area contributed by atoms with Crippen molar-refractivity contribution < 1.29 is 9.53 Å². The average Bonchev–Trinajstić information content (AvgIpc) is 3.38. The molecule has 6 rings (SSSR count). The molecule has 0 saturated heterocycles. The van der Waals surface area contributed by atoms with Crippen LogP contribution < -0.4 is 10.2 Å². The minimum atomic E-state index is -0.238. The lowest BCUT2D eigenvalue weighted by Gasteiger charge is -2.27. The molecule has 4 aromatic carbocycles. The average molecular weight is 522 g/mol. The van der Waals surface area contributed by atoms with Crippen molar-refractivity contribution in [3.8, 4) is 5.75 Å². The van der Waals surface area contributed by atoms with Crippen LogP contribution in [0.25, 0.3) is 10.2 Å². The van der Waals surface area contributed by atoms with E-state index >= 15 is 0 Å². The number of thioether (sulfide) groups is 1. The number of nitrogens with zero attached hydrogens (tertiary/aromatic N) is 2. The van der Waals surface area contributed by atoms with E-state index in [9.17, 15) is 4.79 Å². The molecule has 5 nitrogen and oxygen atoms in total. The second kappa shape index (κ2) is 10.6. The highest BCUT2D eigenvalue weighted by molar-refractivity contribution is 8.00. The molecule has 1 aliphatic heterocycles. The summed E-state index contributed by atoms with van der Waals surface area (Å²) in [7, 11) is 0. The molecular formula is C30H23N3O2S2. The van der Waals surface area contributed by atoms with Gasteiger partial charge in [-0.3, -0.25) is 4.79 Å². The Hall–Kier alpha value is -3.94. The molecule has 0 fully saturated rings. The van der Waals surface area contributed by atoms with Gasteiger partial charge in [0.05, 0.1) is 15.9 Å². The van der Waals surface area contributed by atoms with Gasteiger partial charge in [0.2, 0.25) is 0 Å². The number of hydrogen-bond donors (Lipinski definition) is 1. The van der Waals surface area contributed by atoms with Crippen molar-refractivity contribution in [1.82, 2.24) is 10.4 Å². The number of hydrogen-bond acceptors (Lipinski definition) is 6. The maximum Gasteiger partial charge on any atom is 0.271 e. The van der Waals surface area contributed by atoms with Gasteiger partial charge in [0.1, 0.15) is 11.9 Å². The lowest BCUT2D eigenvalue weighted by molar-refractivity contribution is 0.0954. The monoisotopic (exact) mass is 521 g/mol. The smallest absolute Gasteiger partial charge is 0.271 e. The van der Waals surface area contributed by atoms with Gasteiger partial charge in [-0.1, -0.05) is 78.5 Å². The summed E-state index contributed by atoms with van der Waals surface area (Å²) in [6.07, 6.45) is 0.419. The Labute approximate surface area is 223 Å². The van der Waals surface area contributed by atoms with Crippen LogP contribution in [0.4, 0.5) is 0 Å². The molecule has 37 heavy (non-hydrogen) atoms. The van der Waals surface area contributed by atoms with Crippen molar-refractivity contribution in [2.45, 2.75) is 22.6 Å². The van der Waals surface area contributed by atoms with Crippen LogP contribution in [0.5, 0.6) is 5.75 Å². The molecule has 0 radical (unpaired) electrons. The van der Waals surface area contributed by atoms with E-state index in [-0.39, 0.29) is 12.0 Å². The minimum Gasteiger partial charge on any atom is -0.485 e. The van der Waals surface area contributed by atoms with Crippen molar-refractivity contribution >= 4 is 44.9 Å². The molecular weight excluding hydrogens is 498 g/mol. The van der Waals surface area contributed by atoms with Gasteiger partial charge in [-0.05, 0) is 47.5 Å². The van der Waals surface area contributed by atoms with Gasteiger partial charge >= 0.3 is 0 Å². The standard InChI is InChI=1S/C30H23N3O2S2/c34-29(22-16-14-20(15-17-22)19-36-30-31-24-11-5-7-13-28(24)37-30)33-32-25-18-27(21-8-2-1-3-9-21)35-26-12-6-4-10-23(25)26/h1-17,27H,18-19H2,(H,33,34).